The average molecular weight is 478 g/mol. The van der Waals surface area contributed by atoms with Crippen molar-refractivity contribution in [3.63, 3.8) is 0 Å². The van der Waals surface area contributed by atoms with Gasteiger partial charge < -0.3 is 24.6 Å². The molecule has 2 amide bonds. The van der Waals surface area contributed by atoms with Crippen LogP contribution in [-0.4, -0.2) is 48.3 Å². The van der Waals surface area contributed by atoms with Gasteiger partial charge in [-0.2, -0.15) is 13.2 Å². The molecule has 4 rings (SSSR count). The van der Waals surface area contributed by atoms with E-state index in [2.05, 4.69) is 17.1 Å². The van der Waals surface area contributed by atoms with Crippen LogP contribution in [0.2, 0.25) is 0 Å². The van der Waals surface area contributed by atoms with Gasteiger partial charge in [-0.15, -0.1) is 0 Å². The first-order valence-electron chi connectivity index (χ1n) is 11.7. The average Bonchev–Trinajstić information content (AvgIpc) is 3.27. The summed E-state index contributed by atoms with van der Waals surface area (Å²) in [5.41, 5.74) is -0.302. The quantitative estimate of drug-likeness (QED) is 0.553. The standard InChI is InChI=1S/C25H30F3N3O3/c1-18-7-4-5-12-30(18)13-6-14-31(16-19-10-11-22-23(15-19)34-17-33-22)24(32)29-21-9-3-2-8-20(21)25(26,27)28/h2-3,8-11,15,18H,4-7,12-14,16-17H2,1H3,(H,29,32). The molecule has 1 fully saturated rings. The van der Waals surface area contributed by atoms with Crippen LogP contribution in [0.25, 0.3) is 0 Å². The van der Waals surface area contributed by atoms with Crippen molar-refractivity contribution in [2.45, 2.75) is 51.4 Å². The molecule has 1 atom stereocenters. The second-order valence-electron chi connectivity index (χ2n) is 8.82. The number of halogens is 3. The van der Waals surface area contributed by atoms with Crippen molar-refractivity contribution in [1.29, 1.82) is 0 Å². The number of fused-ring (bicyclic) bond motifs is 1. The van der Waals surface area contributed by atoms with Gasteiger partial charge in [-0.3, -0.25) is 0 Å². The van der Waals surface area contributed by atoms with Crippen LogP contribution in [0.3, 0.4) is 0 Å². The highest BCUT2D eigenvalue weighted by molar-refractivity contribution is 5.90. The lowest BCUT2D eigenvalue weighted by molar-refractivity contribution is -0.136. The molecule has 6 nitrogen and oxygen atoms in total. The highest BCUT2D eigenvalue weighted by Crippen LogP contribution is 2.35. The zero-order chi connectivity index (χ0) is 24.1. The number of piperidine rings is 1. The Kier molecular flexibility index (Phi) is 7.50. The van der Waals surface area contributed by atoms with Crippen molar-refractivity contribution in [2.24, 2.45) is 0 Å². The van der Waals surface area contributed by atoms with Gasteiger partial charge in [0.2, 0.25) is 6.79 Å². The largest absolute Gasteiger partial charge is 0.454 e. The summed E-state index contributed by atoms with van der Waals surface area (Å²) in [4.78, 5) is 17.1. The van der Waals surface area contributed by atoms with Gasteiger partial charge in [-0.1, -0.05) is 24.6 Å². The number of anilines is 1. The van der Waals surface area contributed by atoms with E-state index in [0.717, 1.165) is 37.6 Å². The monoisotopic (exact) mass is 477 g/mol. The minimum Gasteiger partial charge on any atom is -0.454 e. The Morgan fingerprint density at radius 2 is 1.94 bits per heavy atom. The molecule has 2 aliphatic heterocycles. The summed E-state index contributed by atoms with van der Waals surface area (Å²) in [6, 6.07) is 10.4. The van der Waals surface area contributed by atoms with Gasteiger partial charge in [0.05, 0.1) is 11.3 Å². The Balaban J connectivity index is 1.47. The van der Waals surface area contributed by atoms with Crippen molar-refractivity contribution in [3.05, 3.63) is 53.6 Å². The number of ether oxygens (including phenoxy) is 2. The van der Waals surface area contributed by atoms with E-state index in [-0.39, 0.29) is 19.0 Å². The van der Waals surface area contributed by atoms with Crippen LogP contribution >= 0.6 is 0 Å². The maximum absolute atomic E-state index is 13.4. The number of carbonyl (C=O) groups excluding carboxylic acids is 1. The van der Waals surface area contributed by atoms with Gasteiger partial charge in [-0.25, -0.2) is 4.79 Å². The minimum atomic E-state index is -4.56. The van der Waals surface area contributed by atoms with E-state index in [1.807, 2.05) is 6.07 Å². The number of likely N-dealkylation sites (tertiary alicyclic amines) is 1. The van der Waals surface area contributed by atoms with Crippen LogP contribution in [0.15, 0.2) is 42.5 Å². The van der Waals surface area contributed by atoms with Gasteiger partial charge in [0, 0.05) is 25.7 Å². The zero-order valence-corrected chi connectivity index (χ0v) is 19.2. The topological polar surface area (TPSA) is 54.0 Å². The van der Waals surface area contributed by atoms with Crippen LogP contribution in [0, 0.1) is 0 Å². The van der Waals surface area contributed by atoms with Crippen LogP contribution < -0.4 is 14.8 Å². The number of rotatable bonds is 7. The summed E-state index contributed by atoms with van der Waals surface area (Å²) in [5.74, 6) is 1.24. The summed E-state index contributed by atoms with van der Waals surface area (Å²) in [7, 11) is 0. The fourth-order valence-corrected chi connectivity index (χ4v) is 4.50. The summed E-state index contributed by atoms with van der Waals surface area (Å²) >= 11 is 0. The van der Waals surface area contributed by atoms with Crippen molar-refractivity contribution < 1.29 is 27.4 Å². The first-order chi connectivity index (χ1) is 16.3. The predicted molar refractivity (Wildman–Crippen MR) is 123 cm³/mol. The number of hydrogen-bond acceptors (Lipinski definition) is 4. The fourth-order valence-electron chi connectivity index (χ4n) is 4.50. The summed E-state index contributed by atoms with van der Waals surface area (Å²) in [6.07, 6.45) is -0.274. The summed E-state index contributed by atoms with van der Waals surface area (Å²) in [5, 5.41) is 2.48. The van der Waals surface area contributed by atoms with E-state index >= 15 is 0 Å². The molecule has 1 saturated heterocycles. The SMILES string of the molecule is CC1CCCCN1CCCN(Cc1ccc2c(c1)OCO2)C(=O)Nc1ccccc1C(F)(F)F. The third-order valence-corrected chi connectivity index (χ3v) is 6.39. The maximum atomic E-state index is 13.4. The van der Waals surface area contributed by atoms with Crippen LogP contribution in [0.5, 0.6) is 11.5 Å². The van der Waals surface area contributed by atoms with Crippen LogP contribution in [0.4, 0.5) is 23.7 Å². The highest BCUT2D eigenvalue weighted by Gasteiger charge is 2.34. The van der Waals surface area contributed by atoms with Crippen molar-refractivity contribution in [1.82, 2.24) is 9.80 Å². The number of amides is 2. The van der Waals surface area contributed by atoms with E-state index in [0.29, 0.717) is 24.1 Å². The van der Waals surface area contributed by atoms with Gasteiger partial charge in [0.1, 0.15) is 0 Å². The van der Waals surface area contributed by atoms with Gasteiger partial charge in [0.25, 0.3) is 0 Å². The Bertz CT molecular complexity index is 999. The molecule has 1 N–H and O–H groups in total. The molecule has 2 aromatic rings. The van der Waals surface area contributed by atoms with E-state index < -0.39 is 17.8 Å². The zero-order valence-electron chi connectivity index (χ0n) is 19.2. The number of urea groups is 1. The number of nitrogens with one attached hydrogen (secondary N) is 1. The first-order valence-corrected chi connectivity index (χ1v) is 11.7. The lowest BCUT2D eigenvalue weighted by Gasteiger charge is -2.34. The molecule has 2 aliphatic rings. The smallest absolute Gasteiger partial charge is 0.418 e. The molecule has 0 radical (unpaired) electrons. The Morgan fingerprint density at radius 3 is 2.74 bits per heavy atom. The van der Waals surface area contributed by atoms with Gasteiger partial charge >= 0.3 is 12.2 Å². The lowest BCUT2D eigenvalue weighted by atomic mass is 10.0. The van der Waals surface area contributed by atoms with Crippen LogP contribution in [-0.2, 0) is 12.7 Å². The van der Waals surface area contributed by atoms with Crippen molar-refractivity contribution >= 4 is 11.7 Å². The first kappa shape index (κ1) is 24.2. The molecule has 0 aromatic heterocycles. The van der Waals surface area contributed by atoms with E-state index in [9.17, 15) is 18.0 Å². The molecular weight excluding hydrogens is 447 g/mol. The van der Waals surface area contributed by atoms with E-state index in [1.165, 1.54) is 31.0 Å². The highest BCUT2D eigenvalue weighted by atomic mass is 19.4. The molecule has 0 spiro atoms. The summed E-state index contributed by atoms with van der Waals surface area (Å²) in [6.45, 7) is 4.89. The normalized spacial score (nSPS) is 18.1. The van der Waals surface area contributed by atoms with Gasteiger partial charge in [0.15, 0.2) is 11.5 Å². The summed E-state index contributed by atoms with van der Waals surface area (Å²) < 4.78 is 51.0. The maximum Gasteiger partial charge on any atom is 0.418 e. The van der Waals surface area contributed by atoms with Crippen LogP contribution in [0.1, 0.15) is 43.7 Å². The molecule has 2 aromatic carbocycles. The molecule has 34 heavy (non-hydrogen) atoms. The molecule has 0 bridgehead atoms. The Morgan fingerprint density at radius 1 is 1.15 bits per heavy atom. The number of para-hydroxylation sites is 1. The molecule has 0 saturated carbocycles. The van der Waals surface area contributed by atoms with Crippen molar-refractivity contribution in [2.75, 3.05) is 31.7 Å². The number of nitrogens with zero attached hydrogens (tertiary/aromatic N) is 2. The number of benzene rings is 2. The number of alkyl halides is 3. The molecule has 9 heteroatoms. The third-order valence-electron chi connectivity index (χ3n) is 6.39. The minimum absolute atomic E-state index is 0.144. The second-order valence-corrected chi connectivity index (χ2v) is 8.82. The predicted octanol–water partition coefficient (Wildman–Crippen LogP) is 5.73. The Hall–Kier alpha value is -2.94. The number of hydrogen-bond donors (Lipinski definition) is 1. The fraction of sp³-hybridized carbons (Fsp3) is 0.480. The van der Waals surface area contributed by atoms with E-state index in [4.69, 9.17) is 9.47 Å². The van der Waals surface area contributed by atoms with Crippen molar-refractivity contribution in [3.8, 4) is 11.5 Å². The number of carbonyl (C=O) groups is 1. The third kappa shape index (κ3) is 5.94. The van der Waals surface area contributed by atoms with Gasteiger partial charge in [-0.05, 0) is 62.6 Å². The molecular formula is C25H30F3N3O3. The molecule has 2 heterocycles. The van der Waals surface area contributed by atoms with E-state index in [1.54, 1.807) is 17.0 Å². The molecule has 184 valence electrons. The second kappa shape index (κ2) is 10.5. The molecule has 1 unspecified atom stereocenters. The Labute approximate surface area is 197 Å². The lowest BCUT2D eigenvalue weighted by Crippen LogP contribution is -2.41. The molecule has 0 aliphatic carbocycles.